The van der Waals surface area contributed by atoms with Gasteiger partial charge in [-0.2, -0.15) is 0 Å². The third-order valence-corrected chi connectivity index (χ3v) is 2.32. The van der Waals surface area contributed by atoms with E-state index in [-0.39, 0.29) is 12.4 Å². The lowest BCUT2D eigenvalue weighted by atomic mass is 10.2. The molecule has 0 saturated carbocycles. The molecule has 3 N–H and O–H groups in total. The van der Waals surface area contributed by atoms with Gasteiger partial charge in [0.15, 0.2) is 0 Å². The Bertz CT molecular complexity index is 484. The molecule has 1 heterocycles. The lowest BCUT2D eigenvalue weighted by Crippen LogP contribution is -2.15. The average molecular weight is 221 g/mol. The van der Waals surface area contributed by atoms with E-state index in [0.717, 1.165) is 0 Å². The number of aromatic nitrogens is 2. The van der Waals surface area contributed by atoms with Crippen molar-refractivity contribution in [2.24, 2.45) is 5.73 Å². The number of rotatable bonds is 3. The fraction of sp³-hybridized carbons (Fsp3) is 0.182. The molecule has 1 atom stereocenters. The van der Waals surface area contributed by atoms with Crippen molar-refractivity contribution in [1.29, 1.82) is 0 Å². The van der Waals surface area contributed by atoms with Gasteiger partial charge in [0.05, 0.1) is 18.2 Å². The predicted octanol–water partition coefficient (Wildman–Crippen LogP) is 1.00. The van der Waals surface area contributed by atoms with E-state index in [9.17, 15) is 9.50 Å². The van der Waals surface area contributed by atoms with Crippen LogP contribution in [0.25, 0.3) is 5.69 Å². The van der Waals surface area contributed by atoms with E-state index >= 15 is 0 Å². The summed E-state index contributed by atoms with van der Waals surface area (Å²) in [6.45, 7) is 0.0982. The number of nitrogens with two attached hydrogens (primary N) is 1. The molecule has 1 unspecified atom stereocenters. The first-order valence-corrected chi connectivity index (χ1v) is 4.88. The number of nitrogens with zero attached hydrogens (tertiary/aromatic N) is 2. The quantitative estimate of drug-likeness (QED) is 0.812. The highest BCUT2D eigenvalue weighted by Gasteiger charge is 2.12. The molecule has 0 spiro atoms. The molecule has 0 fully saturated rings. The van der Waals surface area contributed by atoms with E-state index in [0.29, 0.717) is 11.4 Å². The zero-order valence-electron chi connectivity index (χ0n) is 8.55. The fourth-order valence-corrected chi connectivity index (χ4v) is 1.51. The summed E-state index contributed by atoms with van der Waals surface area (Å²) in [5, 5.41) is 9.65. The summed E-state index contributed by atoms with van der Waals surface area (Å²) < 4.78 is 14.7. The van der Waals surface area contributed by atoms with E-state index in [1.165, 1.54) is 24.7 Å². The monoisotopic (exact) mass is 221 g/mol. The van der Waals surface area contributed by atoms with Gasteiger partial charge < -0.3 is 15.4 Å². The maximum atomic E-state index is 13.1. The maximum absolute atomic E-state index is 13.1. The molecule has 5 heteroatoms. The van der Waals surface area contributed by atoms with Crippen molar-refractivity contribution in [2.45, 2.75) is 6.10 Å². The van der Waals surface area contributed by atoms with E-state index in [1.54, 1.807) is 16.7 Å². The van der Waals surface area contributed by atoms with Crippen molar-refractivity contribution in [3.63, 3.8) is 0 Å². The summed E-state index contributed by atoms with van der Waals surface area (Å²) in [5.41, 5.74) is 6.54. The summed E-state index contributed by atoms with van der Waals surface area (Å²) in [6, 6.07) is 6.06. The molecule has 1 aromatic heterocycles. The van der Waals surface area contributed by atoms with Gasteiger partial charge in [0.25, 0.3) is 0 Å². The van der Waals surface area contributed by atoms with E-state index in [2.05, 4.69) is 4.98 Å². The van der Waals surface area contributed by atoms with Gasteiger partial charge >= 0.3 is 0 Å². The Kier molecular flexibility index (Phi) is 2.98. The van der Waals surface area contributed by atoms with Crippen LogP contribution in [-0.4, -0.2) is 21.2 Å². The molecule has 1 aromatic carbocycles. The number of halogens is 1. The highest BCUT2D eigenvalue weighted by molar-refractivity contribution is 5.34. The van der Waals surface area contributed by atoms with E-state index in [4.69, 9.17) is 5.73 Å². The third-order valence-electron chi connectivity index (χ3n) is 2.32. The topological polar surface area (TPSA) is 64.1 Å². The van der Waals surface area contributed by atoms with Gasteiger partial charge in [-0.05, 0) is 18.2 Å². The van der Waals surface area contributed by atoms with Crippen molar-refractivity contribution in [2.75, 3.05) is 6.54 Å². The van der Waals surface area contributed by atoms with Crippen molar-refractivity contribution >= 4 is 0 Å². The van der Waals surface area contributed by atoms with Gasteiger partial charge in [0, 0.05) is 12.2 Å². The number of benzene rings is 1. The molecule has 0 saturated heterocycles. The first-order chi connectivity index (χ1) is 7.72. The van der Waals surface area contributed by atoms with Crippen LogP contribution in [-0.2, 0) is 0 Å². The smallest absolute Gasteiger partial charge is 0.125 e. The molecular formula is C11H12FN3O. The summed E-state index contributed by atoms with van der Waals surface area (Å²) in [4.78, 5) is 3.92. The lowest BCUT2D eigenvalue weighted by Gasteiger charge is -2.11. The van der Waals surface area contributed by atoms with Crippen LogP contribution in [0.3, 0.4) is 0 Å². The fourth-order valence-electron chi connectivity index (χ4n) is 1.51. The second-order valence-electron chi connectivity index (χ2n) is 3.42. The standard InChI is InChI=1S/C11H12FN3O/c12-8-2-1-3-9(4-8)15-7-14-6-10(15)11(16)5-13/h1-4,6-7,11,16H,5,13H2. The molecule has 2 rings (SSSR count). The number of imidazole rings is 1. The predicted molar refractivity (Wildman–Crippen MR) is 57.5 cm³/mol. The second kappa shape index (κ2) is 4.42. The number of hydrogen-bond donors (Lipinski definition) is 2. The van der Waals surface area contributed by atoms with Gasteiger partial charge in [-0.1, -0.05) is 6.07 Å². The summed E-state index contributed by atoms with van der Waals surface area (Å²) >= 11 is 0. The Morgan fingerprint density at radius 3 is 3.00 bits per heavy atom. The zero-order valence-corrected chi connectivity index (χ0v) is 8.55. The summed E-state index contributed by atoms with van der Waals surface area (Å²) in [5.74, 6) is -0.334. The minimum atomic E-state index is -0.800. The maximum Gasteiger partial charge on any atom is 0.125 e. The SMILES string of the molecule is NCC(O)c1cncn1-c1cccc(F)c1. The van der Waals surface area contributed by atoms with Crippen LogP contribution in [0, 0.1) is 5.82 Å². The molecule has 4 nitrogen and oxygen atoms in total. The molecular weight excluding hydrogens is 209 g/mol. The van der Waals surface area contributed by atoms with Crippen LogP contribution < -0.4 is 5.73 Å². The van der Waals surface area contributed by atoms with Gasteiger partial charge in [-0.25, -0.2) is 9.37 Å². The van der Waals surface area contributed by atoms with Crippen LogP contribution in [0.1, 0.15) is 11.8 Å². The normalized spacial score (nSPS) is 12.7. The Hall–Kier alpha value is -1.72. The summed E-state index contributed by atoms with van der Waals surface area (Å²) in [7, 11) is 0. The van der Waals surface area contributed by atoms with Gasteiger partial charge in [0.1, 0.15) is 11.9 Å². The van der Waals surface area contributed by atoms with Crippen molar-refractivity contribution < 1.29 is 9.50 Å². The van der Waals surface area contributed by atoms with Crippen molar-refractivity contribution in [3.8, 4) is 5.69 Å². The molecule has 0 bridgehead atoms. The Labute approximate surface area is 92.2 Å². The Balaban J connectivity index is 2.44. The van der Waals surface area contributed by atoms with E-state index in [1.807, 2.05) is 0 Å². The second-order valence-corrected chi connectivity index (χ2v) is 3.42. The van der Waals surface area contributed by atoms with Crippen LogP contribution >= 0.6 is 0 Å². The van der Waals surface area contributed by atoms with Crippen molar-refractivity contribution in [1.82, 2.24) is 9.55 Å². The van der Waals surface area contributed by atoms with Crippen LogP contribution in [0.4, 0.5) is 4.39 Å². The van der Waals surface area contributed by atoms with Crippen LogP contribution in [0.5, 0.6) is 0 Å². The van der Waals surface area contributed by atoms with Crippen molar-refractivity contribution in [3.05, 3.63) is 48.3 Å². The minimum absolute atomic E-state index is 0.0982. The molecule has 2 aromatic rings. The average Bonchev–Trinajstić information content (AvgIpc) is 2.77. The molecule has 0 radical (unpaired) electrons. The van der Waals surface area contributed by atoms with Gasteiger partial charge in [0.2, 0.25) is 0 Å². The third kappa shape index (κ3) is 1.95. The molecule has 0 aliphatic rings. The lowest BCUT2D eigenvalue weighted by molar-refractivity contribution is 0.180. The van der Waals surface area contributed by atoms with Gasteiger partial charge in [-0.3, -0.25) is 0 Å². The van der Waals surface area contributed by atoms with Crippen LogP contribution in [0.2, 0.25) is 0 Å². The largest absolute Gasteiger partial charge is 0.385 e. The number of aliphatic hydroxyl groups is 1. The molecule has 0 amide bonds. The highest BCUT2D eigenvalue weighted by atomic mass is 19.1. The Morgan fingerprint density at radius 2 is 2.31 bits per heavy atom. The number of hydrogen-bond acceptors (Lipinski definition) is 3. The van der Waals surface area contributed by atoms with Gasteiger partial charge in [-0.15, -0.1) is 0 Å². The minimum Gasteiger partial charge on any atom is -0.385 e. The highest BCUT2D eigenvalue weighted by Crippen LogP contribution is 2.17. The first kappa shape index (κ1) is 10.8. The molecule has 84 valence electrons. The number of aliphatic hydroxyl groups excluding tert-OH is 1. The van der Waals surface area contributed by atoms with Crippen LogP contribution in [0.15, 0.2) is 36.8 Å². The molecule has 16 heavy (non-hydrogen) atoms. The Morgan fingerprint density at radius 1 is 1.50 bits per heavy atom. The molecule has 0 aliphatic heterocycles. The zero-order chi connectivity index (χ0) is 11.5. The molecule has 0 aliphatic carbocycles. The first-order valence-electron chi connectivity index (χ1n) is 4.88. The summed E-state index contributed by atoms with van der Waals surface area (Å²) in [6.07, 6.45) is 2.23. The van der Waals surface area contributed by atoms with E-state index < -0.39 is 6.10 Å².